The zero-order valence-corrected chi connectivity index (χ0v) is 10.8. The summed E-state index contributed by atoms with van der Waals surface area (Å²) in [5.41, 5.74) is 3.49. The fraction of sp³-hybridized carbons (Fsp3) is 0.125. The lowest BCUT2D eigenvalue weighted by molar-refractivity contribution is 0.282. The molecule has 0 saturated heterocycles. The molecule has 0 spiro atoms. The van der Waals surface area contributed by atoms with Crippen LogP contribution in [0.25, 0.3) is 10.9 Å². The van der Waals surface area contributed by atoms with E-state index in [0.29, 0.717) is 12.2 Å². The number of hydrogen-bond acceptors (Lipinski definition) is 3. The van der Waals surface area contributed by atoms with Gasteiger partial charge >= 0.3 is 0 Å². The molecule has 0 saturated carbocycles. The summed E-state index contributed by atoms with van der Waals surface area (Å²) >= 11 is 0. The van der Waals surface area contributed by atoms with Crippen molar-refractivity contribution in [3.05, 3.63) is 65.6 Å². The molecule has 0 radical (unpaired) electrons. The van der Waals surface area contributed by atoms with Gasteiger partial charge in [0.05, 0.1) is 6.61 Å². The molecule has 0 aliphatic carbocycles. The summed E-state index contributed by atoms with van der Waals surface area (Å²) in [7, 11) is 0. The van der Waals surface area contributed by atoms with E-state index in [1.807, 2.05) is 36.5 Å². The number of benzene rings is 1. The van der Waals surface area contributed by atoms with Crippen LogP contribution in [0, 0.1) is 11.3 Å². The Balaban J connectivity index is 1.96. The van der Waals surface area contributed by atoms with Crippen LogP contribution in [0.3, 0.4) is 0 Å². The Kier molecular flexibility index (Phi) is 3.20. The fourth-order valence-corrected chi connectivity index (χ4v) is 2.32. The van der Waals surface area contributed by atoms with Gasteiger partial charge in [-0.3, -0.25) is 0 Å². The van der Waals surface area contributed by atoms with Crippen molar-refractivity contribution in [2.75, 3.05) is 0 Å². The molecule has 1 N–H and O–H groups in total. The number of fused-ring (bicyclic) bond motifs is 1. The topological polar surface area (TPSA) is 61.8 Å². The SMILES string of the molecule is N#Cc1cc(Cn2ccc3cc(CO)ccc32)ccn1. The van der Waals surface area contributed by atoms with E-state index in [1.165, 1.54) is 0 Å². The van der Waals surface area contributed by atoms with Gasteiger partial charge in [-0.2, -0.15) is 5.26 Å². The fourth-order valence-electron chi connectivity index (χ4n) is 2.32. The van der Waals surface area contributed by atoms with Gasteiger partial charge in [-0.05, 0) is 46.8 Å². The van der Waals surface area contributed by atoms with Crippen LogP contribution in [0.2, 0.25) is 0 Å². The van der Waals surface area contributed by atoms with Crippen LogP contribution in [0.5, 0.6) is 0 Å². The molecule has 3 rings (SSSR count). The van der Waals surface area contributed by atoms with Gasteiger partial charge in [0.1, 0.15) is 11.8 Å². The van der Waals surface area contributed by atoms with E-state index in [9.17, 15) is 0 Å². The highest BCUT2D eigenvalue weighted by molar-refractivity contribution is 5.81. The molecule has 0 atom stereocenters. The number of aliphatic hydroxyl groups is 1. The number of nitriles is 1. The van der Waals surface area contributed by atoms with Crippen LogP contribution in [-0.4, -0.2) is 14.7 Å². The number of rotatable bonds is 3. The van der Waals surface area contributed by atoms with E-state index in [2.05, 4.69) is 15.6 Å². The maximum Gasteiger partial charge on any atom is 0.140 e. The molecule has 0 amide bonds. The molecule has 0 aliphatic rings. The quantitative estimate of drug-likeness (QED) is 0.789. The Hall–Kier alpha value is -2.64. The van der Waals surface area contributed by atoms with Crippen molar-refractivity contribution < 1.29 is 5.11 Å². The first kappa shape index (κ1) is 12.4. The molecule has 4 heteroatoms. The van der Waals surface area contributed by atoms with Crippen molar-refractivity contribution in [1.29, 1.82) is 5.26 Å². The number of aliphatic hydroxyl groups excluding tert-OH is 1. The summed E-state index contributed by atoms with van der Waals surface area (Å²) in [6.45, 7) is 0.746. The molecule has 4 nitrogen and oxygen atoms in total. The standard InChI is InChI=1S/C16H13N3O/c17-9-15-8-12(3-5-18-15)10-19-6-4-14-7-13(11-20)1-2-16(14)19/h1-8,20H,10-11H2. The van der Waals surface area contributed by atoms with Crippen LogP contribution in [0.1, 0.15) is 16.8 Å². The van der Waals surface area contributed by atoms with E-state index in [0.717, 1.165) is 22.0 Å². The number of nitrogens with zero attached hydrogens (tertiary/aromatic N) is 3. The van der Waals surface area contributed by atoms with Gasteiger partial charge in [-0.25, -0.2) is 4.98 Å². The minimum absolute atomic E-state index is 0.0526. The van der Waals surface area contributed by atoms with Crippen molar-refractivity contribution in [2.45, 2.75) is 13.2 Å². The zero-order chi connectivity index (χ0) is 13.9. The van der Waals surface area contributed by atoms with Crippen molar-refractivity contribution in [1.82, 2.24) is 9.55 Å². The summed E-state index contributed by atoms with van der Waals surface area (Å²) in [5.74, 6) is 0. The molecule has 0 aliphatic heterocycles. The van der Waals surface area contributed by atoms with Gasteiger partial charge in [0, 0.05) is 24.5 Å². The Bertz CT molecular complexity index is 799. The summed E-state index contributed by atoms with van der Waals surface area (Å²) < 4.78 is 2.12. The van der Waals surface area contributed by atoms with E-state index in [-0.39, 0.29) is 6.61 Å². The van der Waals surface area contributed by atoms with E-state index in [4.69, 9.17) is 10.4 Å². The molecular weight excluding hydrogens is 250 g/mol. The molecule has 20 heavy (non-hydrogen) atoms. The van der Waals surface area contributed by atoms with Crippen LogP contribution in [0.15, 0.2) is 48.8 Å². The van der Waals surface area contributed by atoms with Crippen molar-refractivity contribution in [3.8, 4) is 6.07 Å². The Morgan fingerprint density at radius 2 is 2.05 bits per heavy atom. The molecule has 98 valence electrons. The van der Waals surface area contributed by atoms with Crippen LogP contribution in [0.4, 0.5) is 0 Å². The number of aromatic nitrogens is 2. The zero-order valence-electron chi connectivity index (χ0n) is 10.8. The molecule has 0 fully saturated rings. The minimum Gasteiger partial charge on any atom is -0.392 e. The molecule has 0 bridgehead atoms. The van der Waals surface area contributed by atoms with E-state index >= 15 is 0 Å². The summed E-state index contributed by atoms with van der Waals surface area (Å²) in [6, 6.07) is 13.7. The first-order valence-corrected chi connectivity index (χ1v) is 6.34. The maximum atomic E-state index is 9.15. The second kappa shape index (κ2) is 5.16. The molecule has 3 aromatic rings. The third kappa shape index (κ3) is 2.27. The van der Waals surface area contributed by atoms with Gasteiger partial charge in [-0.15, -0.1) is 0 Å². The maximum absolute atomic E-state index is 9.15. The molecular formula is C16H13N3O. The molecule has 2 heterocycles. The highest BCUT2D eigenvalue weighted by Crippen LogP contribution is 2.19. The van der Waals surface area contributed by atoms with Crippen LogP contribution >= 0.6 is 0 Å². The summed E-state index contributed by atoms with van der Waals surface area (Å²) in [6.07, 6.45) is 3.67. The first-order chi connectivity index (χ1) is 9.80. The Morgan fingerprint density at radius 3 is 2.85 bits per heavy atom. The predicted molar refractivity (Wildman–Crippen MR) is 75.9 cm³/mol. The van der Waals surface area contributed by atoms with E-state index in [1.54, 1.807) is 12.3 Å². The minimum atomic E-state index is 0.0526. The van der Waals surface area contributed by atoms with Crippen molar-refractivity contribution in [2.24, 2.45) is 0 Å². The van der Waals surface area contributed by atoms with Gasteiger partial charge in [0.2, 0.25) is 0 Å². The second-order valence-corrected chi connectivity index (χ2v) is 4.66. The summed E-state index contributed by atoms with van der Waals surface area (Å²) in [5, 5.41) is 19.1. The highest BCUT2D eigenvalue weighted by atomic mass is 16.3. The molecule has 2 aromatic heterocycles. The highest BCUT2D eigenvalue weighted by Gasteiger charge is 2.04. The average molecular weight is 263 g/mol. The molecule has 0 unspecified atom stereocenters. The largest absolute Gasteiger partial charge is 0.392 e. The van der Waals surface area contributed by atoms with Crippen LogP contribution < -0.4 is 0 Å². The third-order valence-corrected chi connectivity index (χ3v) is 3.31. The van der Waals surface area contributed by atoms with Crippen LogP contribution in [-0.2, 0) is 13.2 Å². The van der Waals surface area contributed by atoms with Gasteiger partial charge in [0.15, 0.2) is 0 Å². The number of hydrogen-bond donors (Lipinski definition) is 1. The summed E-state index contributed by atoms with van der Waals surface area (Å²) in [4.78, 5) is 3.97. The van der Waals surface area contributed by atoms with E-state index < -0.39 is 0 Å². The third-order valence-electron chi connectivity index (χ3n) is 3.31. The van der Waals surface area contributed by atoms with Gasteiger partial charge < -0.3 is 9.67 Å². The normalized spacial score (nSPS) is 10.6. The monoisotopic (exact) mass is 263 g/mol. The first-order valence-electron chi connectivity index (χ1n) is 6.34. The second-order valence-electron chi connectivity index (χ2n) is 4.66. The number of pyridine rings is 1. The predicted octanol–water partition coefficient (Wildman–Crippen LogP) is 2.45. The lowest BCUT2D eigenvalue weighted by Gasteiger charge is -2.06. The Labute approximate surface area is 116 Å². The lowest BCUT2D eigenvalue weighted by atomic mass is 10.1. The smallest absolute Gasteiger partial charge is 0.140 e. The Morgan fingerprint density at radius 1 is 1.15 bits per heavy atom. The molecule has 1 aromatic carbocycles. The van der Waals surface area contributed by atoms with Crippen molar-refractivity contribution in [3.63, 3.8) is 0 Å². The average Bonchev–Trinajstić information content (AvgIpc) is 2.89. The van der Waals surface area contributed by atoms with Crippen molar-refractivity contribution >= 4 is 10.9 Å². The lowest BCUT2D eigenvalue weighted by Crippen LogP contribution is -1.99. The van der Waals surface area contributed by atoms with Gasteiger partial charge in [0.25, 0.3) is 0 Å². The van der Waals surface area contributed by atoms with Gasteiger partial charge in [-0.1, -0.05) is 6.07 Å².